The van der Waals surface area contributed by atoms with E-state index in [-0.39, 0.29) is 18.9 Å². The Morgan fingerprint density at radius 3 is 2.36 bits per heavy atom. The van der Waals surface area contributed by atoms with E-state index in [0.29, 0.717) is 17.1 Å². The minimum Gasteiger partial charge on any atom is -0.497 e. The Bertz CT molecular complexity index is 1200. The van der Waals surface area contributed by atoms with E-state index < -0.39 is 24.3 Å². The number of carbonyl (C=O) groups excluding carboxylic acids is 2. The fourth-order valence-electron chi connectivity index (χ4n) is 3.93. The molecule has 1 heterocycles. The van der Waals surface area contributed by atoms with Crippen LogP contribution in [-0.2, 0) is 9.53 Å². The van der Waals surface area contributed by atoms with Gasteiger partial charge >= 0.3 is 6.03 Å². The van der Waals surface area contributed by atoms with Crippen LogP contribution in [0.5, 0.6) is 5.75 Å². The standard InChI is InChI=1S/C28H29N3O5/c1-35-23-9-5-8-22(16-23)30-28(34)31-25-15-14-24(36-26(25)18-32)17-27(33)29-21-12-10-20(11-13-21)19-6-3-2-4-7-19/h2-16,24-26,32H,17-18H2,1H3,(H,29,33)(H2,30,31,34)/t24-,25-,26+/m0/s1. The van der Waals surface area contributed by atoms with Crippen LogP contribution >= 0.6 is 0 Å². The third-order valence-corrected chi connectivity index (χ3v) is 5.75. The van der Waals surface area contributed by atoms with Crippen LogP contribution in [0.2, 0.25) is 0 Å². The van der Waals surface area contributed by atoms with Gasteiger partial charge in [0.25, 0.3) is 0 Å². The summed E-state index contributed by atoms with van der Waals surface area (Å²) < 4.78 is 11.0. The molecule has 3 amide bonds. The van der Waals surface area contributed by atoms with Gasteiger partial charge in [-0.1, -0.05) is 60.7 Å². The maximum Gasteiger partial charge on any atom is 0.319 e. The van der Waals surface area contributed by atoms with E-state index in [1.807, 2.05) is 54.6 Å². The summed E-state index contributed by atoms with van der Waals surface area (Å²) in [6.45, 7) is -0.312. The highest BCUT2D eigenvalue weighted by Crippen LogP contribution is 2.22. The number of urea groups is 1. The first-order valence-corrected chi connectivity index (χ1v) is 11.7. The molecule has 8 nitrogen and oxygen atoms in total. The molecule has 0 aromatic heterocycles. The first-order chi connectivity index (χ1) is 17.5. The van der Waals surface area contributed by atoms with Crippen molar-refractivity contribution in [2.24, 2.45) is 0 Å². The highest BCUT2D eigenvalue weighted by Gasteiger charge is 2.29. The van der Waals surface area contributed by atoms with Crippen molar-refractivity contribution in [1.82, 2.24) is 5.32 Å². The minimum atomic E-state index is -0.686. The molecule has 0 saturated heterocycles. The number of ether oxygens (including phenoxy) is 2. The van der Waals surface area contributed by atoms with Gasteiger partial charge in [0.2, 0.25) is 5.91 Å². The predicted octanol–water partition coefficient (Wildman–Crippen LogP) is 4.20. The van der Waals surface area contributed by atoms with Crippen LogP contribution in [0.15, 0.2) is 91.0 Å². The van der Waals surface area contributed by atoms with E-state index in [4.69, 9.17) is 9.47 Å². The van der Waals surface area contributed by atoms with Gasteiger partial charge in [-0.05, 0) is 35.4 Å². The van der Waals surface area contributed by atoms with Crippen molar-refractivity contribution >= 4 is 23.3 Å². The van der Waals surface area contributed by atoms with Gasteiger partial charge in [0, 0.05) is 17.4 Å². The monoisotopic (exact) mass is 487 g/mol. The van der Waals surface area contributed by atoms with E-state index in [1.54, 1.807) is 43.5 Å². The van der Waals surface area contributed by atoms with E-state index in [1.165, 1.54) is 0 Å². The fraction of sp³-hybridized carbons (Fsp3) is 0.214. The smallest absolute Gasteiger partial charge is 0.319 e. The molecule has 3 aromatic rings. The Hall–Kier alpha value is -4.14. The Morgan fingerprint density at radius 2 is 1.64 bits per heavy atom. The molecule has 4 rings (SSSR count). The zero-order chi connectivity index (χ0) is 25.3. The van der Waals surface area contributed by atoms with E-state index in [2.05, 4.69) is 16.0 Å². The van der Waals surface area contributed by atoms with Crippen LogP contribution in [0, 0.1) is 0 Å². The zero-order valence-electron chi connectivity index (χ0n) is 19.9. The van der Waals surface area contributed by atoms with E-state index in [0.717, 1.165) is 11.1 Å². The maximum atomic E-state index is 12.6. The van der Waals surface area contributed by atoms with Gasteiger partial charge in [0.05, 0.1) is 32.3 Å². The summed E-state index contributed by atoms with van der Waals surface area (Å²) in [6.07, 6.45) is 2.33. The summed E-state index contributed by atoms with van der Waals surface area (Å²) >= 11 is 0. The summed E-state index contributed by atoms with van der Waals surface area (Å²) in [6, 6.07) is 23.6. The quantitative estimate of drug-likeness (QED) is 0.356. The first-order valence-electron chi connectivity index (χ1n) is 11.7. The Kier molecular flexibility index (Phi) is 8.33. The SMILES string of the molecule is COc1cccc(NC(=O)N[C@H]2C=C[C@@H](CC(=O)Nc3ccc(-c4ccccc4)cc3)O[C@@H]2CO)c1. The van der Waals surface area contributed by atoms with Gasteiger partial charge in [-0.25, -0.2) is 4.79 Å². The number of aliphatic hydroxyl groups is 1. The number of hydrogen-bond donors (Lipinski definition) is 4. The van der Waals surface area contributed by atoms with Gasteiger partial charge < -0.3 is 30.5 Å². The molecule has 0 aliphatic carbocycles. The second-order valence-electron chi connectivity index (χ2n) is 8.33. The molecule has 0 spiro atoms. The van der Waals surface area contributed by atoms with Crippen molar-refractivity contribution in [2.75, 3.05) is 24.4 Å². The van der Waals surface area contributed by atoms with Gasteiger partial charge in [-0.15, -0.1) is 0 Å². The molecule has 0 unspecified atom stereocenters. The van der Waals surface area contributed by atoms with Crippen LogP contribution in [0.4, 0.5) is 16.2 Å². The number of methoxy groups -OCH3 is 1. The lowest BCUT2D eigenvalue weighted by Gasteiger charge is -2.31. The molecule has 4 N–H and O–H groups in total. The third kappa shape index (κ3) is 6.71. The van der Waals surface area contributed by atoms with Crippen LogP contribution in [-0.4, -0.2) is 49.0 Å². The van der Waals surface area contributed by atoms with Crippen molar-refractivity contribution in [3.05, 3.63) is 91.0 Å². The molecule has 8 heteroatoms. The van der Waals surface area contributed by atoms with Crippen molar-refractivity contribution in [3.8, 4) is 16.9 Å². The maximum absolute atomic E-state index is 12.6. The molecule has 0 radical (unpaired) electrons. The summed E-state index contributed by atoms with van der Waals surface area (Å²) in [5.41, 5.74) is 3.42. The van der Waals surface area contributed by atoms with Crippen molar-refractivity contribution in [2.45, 2.75) is 24.7 Å². The number of amides is 3. The van der Waals surface area contributed by atoms with E-state index >= 15 is 0 Å². The molecule has 36 heavy (non-hydrogen) atoms. The molecule has 3 atom stereocenters. The lowest BCUT2D eigenvalue weighted by Crippen LogP contribution is -2.50. The summed E-state index contributed by atoms with van der Waals surface area (Å²) in [5, 5.41) is 18.2. The molecular weight excluding hydrogens is 458 g/mol. The number of rotatable bonds is 8. The topological polar surface area (TPSA) is 109 Å². The highest BCUT2D eigenvalue weighted by molar-refractivity contribution is 5.91. The highest BCUT2D eigenvalue weighted by atomic mass is 16.5. The number of hydrogen-bond acceptors (Lipinski definition) is 5. The molecule has 0 saturated carbocycles. The summed E-state index contributed by atoms with van der Waals surface area (Å²) in [4.78, 5) is 25.0. The van der Waals surface area contributed by atoms with Crippen molar-refractivity contribution in [3.63, 3.8) is 0 Å². The lowest BCUT2D eigenvalue weighted by atomic mass is 10.0. The number of anilines is 2. The van der Waals surface area contributed by atoms with Gasteiger partial charge in [-0.2, -0.15) is 0 Å². The second kappa shape index (κ2) is 12.0. The Morgan fingerprint density at radius 1 is 0.889 bits per heavy atom. The van der Waals surface area contributed by atoms with Crippen molar-refractivity contribution in [1.29, 1.82) is 0 Å². The van der Waals surface area contributed by atoms with Crippen LogP contribution in [0.1, 0.15) is 6.42 Å². The Balaban J connectivity index is 1.29. The summed E-state index contributed by atoms with van der Waals surface area (Å²) in [5.74, 6) is 0.408. The Labute approximate surface area is 209 Å². The number of carbonyl (C=O) groups is 2. The number of aliphatic hydroxyl groups excluding tert-OH is 1. The van der Waals surface area contributed by atoms with Crippen LogP contribution in [0.25, 0.3) is 11.1 Å². The molecule has 186 valence electrons. The molecule has 0 fully saturated rings. The normalized spacial score (nSPS) is 18.8. The average Bonchev–Trinajstić information content (AvgIpc) is 2.90. The van der Waals surface area contributed by atoms with Crippen molar-refractivity contribution < 1.29 is 24.2 Å². The largest absolute Gasteiger partial charge is 0.497 e. The third-order valence-electron chi connectivity index (χ3n) is 5.75. The molecule has 3 aromatic carbocycles. The van der Waals surface area contributed by atoms with Gasteiger partial charge in [0.1, 0.15) is 11.9 Å². The van der Waals surface area contributed by atoms with Gasteiger partial charge in [-0.3, -0.25) is 4.79 Å². The summed E-state index contributed by atoms with van der Waals surface area (Å²) in [7, 11) is 1.55. The number of nitrogens with one attached hydrogen (secondary N) is 3. The zero-order valence-corrected chi connectivity index (χ0v) is 19.9. The first kappa shape index (κ1) is 25.0. The van der Waals surface area contributed by atoms with Crippen LogP contribution in [0.3, 0.4) is 0 Å². The molecule has 1 aliphatic heterocycles. The molecule has 0 bridgehead atoms. The lowest BCUT2D eigenvalue weighted by molar-refractivity contribution is -0.120. The molecule has 1 aliphatic rings. The van der Waals surface area contributed by atoms with Crippen LogP contribution < -0.4 is 20.7 Å². The average molecular weight is 488 g/mol. The molecular formula is C28H29N3O5. The van der Waals surface area contributed by atoms with Gasteiger partial charge in [0.15, 0.2) is 0 Å². The second-order valence-corrected chi connectivity index (χ2v) is 8.33. The van der Waals surface area contributed by atoms with E-state index in [9.17, 15) is 14.7 Å². The fourth-order valence-corrected chi connectivity index (χ4v) is 3.93. The number of benzene rings is 3. The predicted molar refractivity (Wildman–Crippen MR) is 139 cm³/mol. The minimum absolute atomic E-state index is 0.0795.